The molecule has 1 aliphatic rings. The van der Waals surface area contributed by atoms with Crippen LogP contribution < -0.4 is 4.90 Å². The van der Waals surface area contributed by atoms with Crippen LogP contribution in [0.3, 0.4) is 0 Å². The van der Waals surface area contributed by atoms with Gasteiger partial charge in [0.1, 0.15) is 0 Å². The summed E-state index contributed by atoms with van der Waals surface area (Å²) in [5, 5.41) is 2.62. The van der Waals surface area contributed by atoms with Crippen LogP contribution in [0, 0.1) is 0 Å². The molecule has 1 heterocycles. The fourth-order valence-corrected chi connectivity index (χ4v) is 2.39. The Balaban J connectivity index is 1.86. The van der Waals surface area contributed by atoms with Crippen molar-refractivity contribution in [2.24, 2.45) is 0 Å². The highest BCUT2D eigenvalue weighted by molar-refractivity contribution is 6.08. The van der Waals surface area contributed by atoms with E-state index in [-0.39, 0.29) is 0 Å². The molecule has 0 aliphatic carbocycles. The molecule has 1 aliphatic heterocycles. The highest BCUT2D eigenvalue weighted by atomic mass is 15.3. The molecule has 17 heavy (non-hydrogen) atoms. The zero-order valence-corrected chi connectivity index (χ0v) is 9.30. The average Bonchev–Trinajstić information content (AvgIpc) is 3.10. The quantitative estimate of drug-likeness (QED) is 0.420. The van der Waals surface area contributed by atoms with Gasteiger partial charge in [0.25, 0.3) is 0 Å². The summed E-state index contributed by atoms with van der Waals surface area (Å²) in [5.74, 6) is 0. The Morgan fingerprint density at radius 3 is 1.71 bits per heavy atom. The van der Waals surface area contributed by atoms with Gasteiger partial charge in [-0.2, -0.15) is 0 Å². The monoisotopic (exact) mass is 217 g/mol. The Kier molecular flexibility index (Phi) is 1.61. The van der Waals surface area contributed by atoms with Crippen molar-refractivity contribution in [3.05, 3.63) is 66.7 Å². The molecular formula is C16H11N. The van der Waals surface area contributed by atoms with E-state index >= 15 is 0 Å². The molecule has 80 valence electrons. The van der Waals surface area contributed by atoms with Crippen LogP contribution in [-0.2, 0) is 0 Å². The fourth-order valence-electron chi connectivity index (χ4n) is 2.39. The Hall–Kier alpha value is -2.28. The number of benzene rings is 3. The van der Waals surface area contributed by atoms with Crippen molar-refractivity contribution < 1.29 is 0 Å². The van der Waals surface area contributed by atoms with E-state index in [9.17, 15) is 0 Å². The summed E-state index contributed by atoms with van der Waals surface area (Å²) < 4.78 is 0. The van der Waals surface area contributed by atoms with Crippen molar-refractivity contribution in [2.75, 3.05) is 4.90 Å². The second-order valence-corrected chi connectivity index (χ2v) is 4.36. The molecule has 1 heteroatoms. The topological polar surface area (TPSA) is 3.01 Å². The van der Waals surface area contributed by atoms with Crippen molar-refractivity contribution in [1.29, 1.82) is 0 Å². The molecule has 0 atom stereocenters. The highest BCUT2D eigenvalue weighted by Crippen LogP contribution is 2.54. The lowest BCUT2D eigenvalue weighted by Crippen LogP contribution is -1.86. The standard InChI is InChI=1S/C16H11N/c1-2-8-14(9-3-1)17-15-10-12-6-4-5-7-13(12)11-16(15)17/h1-11H. The van der Waals surface area contributed by atoms with Crippen LogP contribution in [0.1, 0.15) is 0 Å². The van der Waals surface area contributed by atoms with Crippen molar-refractivity contribution in [2.45, 2.75) is 0 Å². The first kappa shape index (κ1) is 8.82. The smallest absolute Gasteiger partial charge is 0.0709 e. The van der Waals surface area contributed by atoms with Gasteiger partial charge in [0.15, 0.2) is 0 Å². The highest BCUT2D eigenvalue weighted by Gasteiger charge is 2.30. The van der Waals surface area contributed by atoms with Gasteiger partial charge in [-0.25, -0.2) is 0 Å². The number of nitrogens with zero attached hydrogens (tertiary/aromatic N) is 1. The van der Waals surface area contributed by atoms with Crippen molar-refractivity contribution in [3.63, 3.8) is 0 Å². The van der Waals surface area contributed by atoms with Gasteiger partial charge in [0.2, 0.25) is 0 Å². The zero-order chi connectivity index (χ0) is 11.2. The summed E-state index contributed by atoms with van der Waals surface area (Å²) in [6.07, 6.45) is 0. The molecule has 0 aromatic heterocycles. The molecule has 0 bridgehead atoms. The lowest BCUT2D eigenvalue weighted by Gasteiger charge is -2.00. The van der Waals surface area contributed by atoms with E-state index in [2.05, 4.69) is 65.6 Å². The normalized spacial score (nSPS) is 12.6. The molecule has 0 spiro atoms. The second-order valence-electron chi connectivity index (χ2n) is 4.36. The molecule has 0 unspecified atom stereocenters. The molecule has 3 aromatic carbocycles. The van der Waals surface area contributed by atoms with E-state index in [1.165, 1.54) is 27.8 Å². The second kappa shape index (κ2) is 3.11. The van der Waals surface area contributed by atoms with Crippen molar-refractivity contribution in [3.8, 4) is 0 Å². The van der Waals surface area contributed by atoms with Crippen LogP contribution in [0.15, 0.2) is 66.7 Å². The Morgan fingerprint density at radius 1 is 0.588 bits per heavy atom. The molecule has 1 nitrogen and oxygen atoms in total. The van der Waals surface area contributed by atoms with E-state index in [0.29, 0.717) is 0 Å². The number of fused-ring (bicyclic) bond motifs is 2. The average molecular weight is 217 g/mol. The zero-order valence-electron chi connectivity index (χ0n) is 9.30. The van der Waals surface area contributed by atoms with Gasteiger partial charge >= 0.3 is 0 Å². The molecule has 0 saturated carbocycles. The van der Waals surface area contributed by atoms with Crippen LogP contribution in [0.25, 0.3) is 10.8 Å². The summed E-state index contributed by atoms with van der Waals surface area (Å²) >= 11 is 0. The minimum Gasteiger partial charge on any atom is -0.306 e. The first-order valence-corrected chi connectivity index (χ1v) is 5.81. The van der Waals surface area contributed by atoms with Gasteiger partial charge in [0.05, 0.1) is 11.4 Å². The Morgan fingerprint density at radius 2 is 1.12 bits per heavy atom. The predicted octanol–water partition coefficient (Wildman–Crippen LogP) is 4.62. The lowest BCUT2D eigenvalue weighted by molar-refractivity contribution is 1.49. The minimum absolute atomic E-state index is 1.25. The lowest BCUT2D eigenvalue weighted by atomic mass is 10.1. The van der Waals surface area contributed by atoms with E-state index in [1.807, 2.05) is 6.07 Å². The van der Waals surface area contributed by atoms with Gasteiger partial charge in [-0.05, 0) is 35.0 Å². The number of para-hydroxylation sites is 1. The molecule has 4 rings (SSSR count). The van der Waals surface area contributed by atoms with Crippen LogP contribution in [0.2, 0.25) is 0 Å². The van der Waals surface area contributed by atoms with Gasteiger partial charge < -0.3 is 4.90 Å². The minimum atomic E-state index is 1.25. The summed E-state index contributed by atoms with van der Waals surface area (Å²) in [7, 11) is 0. The molecule has 3 aromatic rings. The summed E-state index contributed by atoms with van der Waals surface area (Å²) in [5.41, 5.74) is 3.91. The van der Waals surface area contributed by atoms with E-state index in [1.54, 1.807) is 0 Å². The fraction of sp³-hybridized carbons (Fsp3) is 0. The van der Waals surface area contributed by atoms with Gasteiger partial charge in [-0.1, -0.05) is 42.5 Å². The van der Waals surface area contributed by atoms with Crippen LogP contribution >= 0.6 is 0 Å². The number of hydrogen-bond donors (Lipinski definition) is 0. The number of anilines is 3. The molecule has 0 N–H and O–H groups in total. The predicted molar refractivity (Wildman–Crippen MR) is 72.2 cm³/mol. The summed E-state index contributed by atoms with van der Waals surface area (Å²) in [6.45, 7) is 0. The van der Waals surface area contributed by atoms with E-state index in [0.717, 1.165) is 0 Å². The Labute approximate surface area is 99.9 Å². The molecule has 0 saturated heterocycles. The third-order valence-electron chi connectivity index (χ3n) is 3.29. The maximum Gasteiger partial charge on any atom is 0.0709 e. The van der Waals surface area contributed by atoms with Crippen molar-refractivity contribution >= 4 is 27.8 Å². The molecular weight excluding hydrogens is 206 g/mol. The third-order valence-corrected chi connectivity index (χ3v) is 3.29. The third kappa shape index (κ3) is 1.26. The van der Waals surface area contributed by atoms with Crippen molar-refractivity contribution in [1.82, 2.24) is 0 Å². The first-order chi connectivity index (χ1) is 8.43. The van der Waals surface area contributed by atoms with Gasteiger partial charge in [-0.3, -0.25) is 0 Å². The Bertz CT molecular complexity index is 659. The summed E-state index contributed by atoms with van der Waals surface area (Å²) in [4.78, 5) is 2.29. The molecule has 0 radical (unpaired) electrons. The van der Waals surface area contributed by atoms with E-state index in [4.69, 9.17) is 0 Å². The number of rotatable bonds is 1. The first-order valence-electron chi connectivity index (χ1n) is 5.81. The van der Waals surface area contributed by atoms with Crippen LogP contribution in [0.5, 0.6) is 0 Å². The van der Waals surface area contributed by atoms with Crippen LogP contribution in [-0.4, -0.2) is 0 Å². The number of hydrogen-bond acceptors (Lipinski definition) is 1. The maximum absolute atomic E-state index is 2.29. The van der Waals surface area contributed by atoms with Crippen LogP contribution in [0.4, 0.5) is 17.1 Å². The SMILES string of the molecule is c1ccc(N2c3cc4ccccc4cc32)cc1. The van der Waals surface area contributed by atoms with Gasteiger partial charge in [0, 0.05) is 5.69 Å². The van der Waals surface area contributed by atoms with Gasteiger partial charge in [-0.15, -0.1) is 0 Å². The van der Waals surface area contributed by atoms with E-state index < -0.39 is 0 Å². The maximum atomic E-state index is 2.29. The largest absolute Gasteiger partial charge is 0.306 e. The molecule has 0 fully saturated rings. The summed E-state index contributed by atoms with van der Waals surface area (Å²) in [6, 6.07) is 23.5. The molecule has 0 amide bonds.